The Morgan fingerprint density at radius 3 is 2.79 bits per heavy atom. The summed E-state index contributed by atoms with van der Waals surface area (Å²) in [6.07, 6.45) is 3.84. The molecule has 1 heterocycles. The molecular formula is C17H24FN5O. The first-order valence-corrected chi connectivity index (χ1v) is 8.12. The molecule has 0 fully saturated rings. The number of aromatic nitrogens is 2. The van der Waals surface area contributed by atoms with E-state index in [2.05, 4.69) is 20.7 Å². The zero-order valence-corrected chi connectivity index (χ0v) is 13.8. The number of halogens is 1. The van der Waals surface area contributed by atoms with Gasteiger partial charge in [0.05, 0.1) is 12.6 Å². The van der Waals surface area contributed by atoms with E-state index in [-0.39, 0.29) is 12.4 Å². The highest BCUT2D eigenvalue weighted by Gasteiger charge is 2.07. The lowest BCUT2D eigenvalue weighted by Gasteiger charge is -2.13. The fraction of sp³-hybridized carbons (Fsp3) is 0.412. The molecule has 1 unspecified atom stereocenters. The molecule has 7 heteroatoms. The summed E-state index contributed by atoms with van der Waals surface area (Å²) < 4.78 is 14.8. The van der Waals surface area contributed by atoms with Gasteiger partial charge in [0.2, 0.25) is 0 Å². The molecule has 24 heavy (non-hydrogen) atoms. The Balaban J connectivity index is 1.79. The van der Waals surface area contributed by atoms with Crippen LogP contribution in [0.3, 0.4) is 0 Å². The van der Waals surface area contributed by atoms with Crippen LogP contribution in [0.15, 0.2) is 47.7 Å². The zero-order valence-electron chi connectivity index (χ0n) is 13.8. The average Bonchev–Trinajstić information content (AvgIpc) is 3.10. The summed E-state index contributed by atoms with van der Waals surface area (Å²) in [7, 11) is 0. The van der Waals surface area contributed by atoms with Crippen molar-refractivity contribution >= 4 is 5.96 Å². The zero-order chi connectivity index (χ0) is 17.2. The van der Waals surface area contributed by atoms with Gasteiger partial charge in [-0.1, -0.05) is 12.1 Å². The Morgan fingerprint density at radius 2 is 2.12 bits per heavy atom. The first kappa shape index (κ1) is 17.9. The second-order valence-electron chi connectivity index (χ2n) is 5.34. The largest absolute Gasteiger partial charge is 0.386 e. The van der Waals surface area contributed by atoms with Gasteiger partial charge in [-0.25, -0.2) is 4.39 Å². The molecule has 130 valence electrons. The normalized spacial score (nSPS) is 12.9. The van der Waals surface area contributed by atoms with E-state index in [1.165, 1.54) is 12.1 Å². The first-order chi connectivity index (χ1) is 11.7. The van der Waals surface area contributed by atoms with Crippen molar-refractivity contribution in [3.05, 3.63) is 54.1 Å². The third-order valence-corrected chi connectivity index (χ3v) is 3.44. The molecule has 1 aromatic heterocycles. The number of benzene rings is 1. The molecule has 3 N–H and O–H groups in total. The van der Waals surface area contributed by atoms with Crippen LogP contribution in [0.4, 0.5) is 4.39 Å². The van der Waals surface area contributed by atoms with Gasteiger partial charge in [0.15, 0.2) is 5.96 Å². The summed E-state index contributed by atoms with van der Waals surface area (Å²) >= 11 is 0. The van der Waals surface area contributed by atoms with Gasteiger partial charge in [-0.15, -0.1) is 0 Å². The highest BCUT2D eigenvalue weighted by atomic mass is 19.1. The highest BCUT2D eigenvalue weighted by Crippen LogP contribution is 2.13. The lowest BCUT2D eigenvalue weighted by Crippen LogP contribution is -2.38. The van der Waals surface area contributed by atoms with Gasteiger partial charge in [-0.05, 0) is 37.1 Å². The van der Waals surface area contributed by atoms with Crippen LogP contribution in [0.1, 0.15) is 25.0 Å². The molecule has 0 aliphatic carbocycles. The van der Waals surface area contributed by atoms with E-state index in [1.807, 2.05) is 23.9 Å². The van der Waals surface area contributed by atoms with Crippen LogP contribution in [0, 0.1) is 5.82 Å². The van der Waals surface area contributed by atoms with Crippen LogP contribution in [0.5, 0.6) is 0 Å². The molecule has 0 aliphatic heterocycles. The molecule has 2 aromatic rings. The molecule has 6 nitrogen and oxygen atoms in total. The summed E-state index contributed by atoms with van der Waals surface area (Å²) in [5.41, 5.74) is 0.648. The Bertz CT molecular complexity index is 612. The van der Waals surface area contributed by atoms with E-state index in [1.54, 1.807) is 18.3 Å². The van der Waals surface area contributed by atoms with Gasteiger partial charge < -0.3 is 15.7 Å². The van der Waals surface area contributed by atoms with E-state index in [9.17, 15) is 9.50 Å². The predicted octanol–water partition coefficient (Wildman–Crippen LogP) is 1.70. The first-order valence-electron chi connectivity index (χ1n) is 8.12. The fourth-order valence-electron chi connectivity index (χ4n) is 2.19. The molecule has 0 radical (unpaired) electrons. The minimum atomic E-state index is -0.759. The van der Waals surface area contributed by atoms with Gasteiger partial charge >= 0.3 is 0 Å². The predicted molar refractivity (Wildman–Crippen MR) is 92.2 cm³/mol. The van der Waals surface area contributed by atoms with Gasteiger partial charge in [0.25, 0.3) is 0 Å². The monoisotopic (exact) mass is 333 g/mol. The summed E-state index contributed by atoms with van der Waals surface area (Å²) in [6.45, 7) is 4.51. The third-order valence-electron chi connectivity index (χ3n) is 3.44. The number of aryl methyl sites for hydroxylation is 1. The van der Waals surface area contributed by atoms with Crippen LogP contribution < -0.4 is 10.6 Å². The van der Waals surface area contributed by atoms with E-state index in [0.717, 1.165) is 26.1 Å². The lowest BCUT2D eigenvalue weighted by molar-refractivity contribution is 0.187. The molecule has 1 aromatic carbocycles. The van der Waals surface area contributed by atoms with Crippen molar-refractivity contribution in [3.63, 3.8) is 0 Å². The number of hydrogen-bond donors (Lipinski definition) is 3. The van der Waals surface area contributed by atoms with Crippen molar-refractivity contribution in [2.24, 2.45) is 4.99 Å². The minimum absolute atomic E-state index is 0.208. The number of aliphatic hydroxyl groups is 1. The second-order valence-corrected chi connectivity index (χ2v) is 5.34. The summed E-state index contributed by atoms with van der Waals surface area (Å²) in [5.74, 6) is 0.334. The number of aliphatic hydroxyl groups excluding tert-OH is 1. The number of hydrogen-bond acceptors (Lipinski definition) is 3. The molecule has 2 rings (SSSR count). The minimum Gasteiger partial charge on any atom is -0.386 e. The number of guanidine groups is 1. The number of aliphatic imine (C=N–C) groups is 1. The van der Waals surface area contributed by atoms with Crippen LogP contribution in [0.25, 0.3) is 0 Å². The smallest absolute Gasteiger partial charge is 0.191 e. The lowest BCUT2D eigenvalue weighted by atomic mass is 10.1. The molecule has 1 atom stereocenters. The maximum atomic E-state index is 12.9. The molecule has 0 aliphatic rings. The second kappa shape index (κ2) is 9.67. The quantitative estimate of drug-likeness (QED) is 0.390. The van der Waals surface area contributed by atoms with Gasteiger partial charge in [-0.2, -0.15) is 5.10 Å². The van der Waals surface area contributed by atoms with Crippen molar-refractivity contribution in [1.29, 1.82) is 0 Å². The van der Waals surface area contributed by atoms with Crippen molar-refractivity contribution in [2.45, 2.75) is 26.0 Å². The van der Waals surface area contributed by atoms with Crippen LogP contribution >= 0.6 is 0 Å². The van der Waals surface area contributed by atoms with Crippen LogP contribution in [-0.4, -0.2) is 40.5 Å². The van der Waals surface area contributed by atoms with E-state index in [4.69, 9.17) is 0 Å². The van der Waals surface area contributed by atoms with Gasteiger partial charge in [-0.3, -0.25) is 9.67 Å². The standard InChI is InChI=1S/C17H24FN5O/c1-2-19-17(20-9-3-11-23-12-4-10-22-23)21-13-16(24)14-5-7-15(18)8-6-14/h4-8,10,12,16,24H,2-3,9,11,13H2,1H3,(H2,19,20,21). The summed E-state index contributed by atoms with van der Waals surface area (Å²) in [4.78, 5) is 4.37. The summed E-state index contributed by atoms with van der Waals surface area (Å²) in [6, 6.07) is 7.71. The fourth-order valence-corrected chi connectivity index (χ4v) is 2.19. The van der Waals surface area contributed by atoms with Gasteiger partial charge in [0, 0.05) is 32.0 Å². The Kier molecular flexibility index (Phi) is 7.22. The topological polar surface area (TPSA) is 74.5 Å². The van der Waals surface area contributed by atoms with E-state index >= 15 is 0 Å². The van der Waals surface area contributed by atoms with Crippen molar-refractivity contribution in [2.75, 3.05) is 19.6 Å². The third kappa shape index (κ3) is 6.00. The summed E-state index contributed by atoms with van der Waals surface area (Å²) in [5, 5.41) is 20.6. The SMILES string of the molecule is CCNC(=NCC(O)c1ccc(F)cc1)NCCCn1cccn1. The number of nitrogens with one attached hydrogen (secondary N) is 2. The molecule has 0 saturated carbocycles. The van der Waals surface area contributed by atoms with Crippen molar-refractivity contribution in [3.8, 4) is 0 Å². The molecule has 0 amide bonds. The number of rotatable bonds is 8. The molecule has 0 spiro atoms. The average molecular weight is 333 g/mol. The maximum absolute atomic E-state index is 12.9. The molecule has 0 saturated heterocycles. The molecular weight excluding hydrogens is 309 g/mol. The van der Waals surface area contributed by atoms with Crippen LogP contribution in [0.2, 0.25) is 0 Å². The Morgan fingerprint density at radius 1 is 1.33 bits per heavy atom. The Labute approximate surface area is 141 Å². The van der Waals surface area contributed by atoms with Gasteiger partial charge in [0.1, 0.15) is 5.82 Å². The van der Waals surface area contributed by atoms with E-state index < -0.39 is 6.10 Å². The van der Waals surface area contributed by atoms with E-state index in [0.29, 0.717) is 11.5 Å². The van der Waals surface area contributed by atoms with Crippen molar-refractivity contribution in [1.82, 2.24) is 20.4 Å². The maximum Gasteiger partial charge on any atom is 0.191 e. The van der Waals surface area contributed by atoms with Crippen LogP contribution in [-0.2, 0) is 6.54 Å². The molecule has 0 bridgehead atoms. The highest BCUT2D eigenvalue weighted by molar-refractivity contribution is 5.79. The number of nitrogens with zero attached hydrogens (tertiary/aromatic N) is 3. The Hall–Kier alpha value is -2.41. The van der Waals surface area contributed by atoms with Crippen molar-refractivity contribution < 1.29 is 9.50 Å².